The molecular weight excluding hydrogens is 1680 g/mol. The van der Waals surface area contributed by atoms with Crippen LogP contribution in [0.15, 0.2) is 223 Å². The minimum atomic E-state index is -3.93. The fraction of sp³-hybridized carbons (Fsp3) is 0.136. The topological polar surface area (TPSA) is 358 Å². The number of carbonyl (C=O) groups excluding carboxylic acids is 4. The molecule has 0 spiro atoms. The fourth-order valence-electron chi connectivity index (χ4n) is 12.2. The van der Waals surface area contributed by atoms with Crippen LogP contribution < -0.4 is 114 Å². The minimum absolute atomic E-state index is 0. The van der Waals surface area contributed by atoms with Crippen LogP contribution in [0.3, 0.4) is 0 Å². The van der Waals surface area contributed by atoms with Crippen molar-refractivity contribution < 1.29 is 121 Å². The van der Waals surface area contributed by atoms with E-state index in [0.29, 0.717) is 63.1 Å². The number of nitrogens with zero attached hydrogens (tertiary/aromatic N) is 10. The van der Waals surface area contributed by atoms with Crippen LogP contribution in [0.25, 0.3) is 50.4 Å². The van der Waals surface area contributed by atoms with Gasteiger partial charge < -0.3 is 35.4 Å². The van der Waals surface area contributed by atoms with Gasteiger partial charge in [-0.05, 0) is 183 Å². The zero-order valence-electron chi connectivity index (χ0n) is 61.0. The first-order valence-corrected chi connectivity index (χ1v) is 35.5. The number of carbonyl (C=O) groups is 4. The van der Waals surface area contributed by atoms with E-state index in [4.69, 9.17) is 62.5 Å². The Morgan fingerprint density at radius 3 is 1.42 bits per heavy atom. The van der Waals surface area contributed by atoms with Gasteiger partial charge in [-0.25, -0.2) is 27.6 Å². The van der Waals surface area contributed by atoms with E-state index in [1.165, 1.54) is 22.8 Å². The number of alkyl halides is 1. The first-order chi connectivity index (χ1) is 52.0. The van der Waals surface area contributed by atoms with Crippen molar-refractivity contribution in [2.75, 3.05) is 34.9 Å². The third kappa shape index (κ3) is 20.8. The molecule has 25 nitrogen and oxygen atoms in total. The quantitative estimate of drug-likeness (QED) is 0.0198. The van der Waals surface area contributed by atoms with E-state index < -0.39 is 10.0 Å². The Balaban J connectivity index is 0.000000173. The number of hydrogen-bond donors (Lipinski definition) is 4. The van der Waals surface area contributed by atoms with Crippen molar-refractivity contribution in [3.8, 4) is 79.8 Å². The Morgan fingerprint density at radius 2 is 0.973 bits per heavy atom. The largest absolute Gasteiger partial charge is 1.00 e. The van der Waals surface area contributed by atoms with Gasteiger partial charge in [0, 0.05) is 97.1 Å². The number of benzene rings is 9. The molecule has 0 bridgehead atoms. The predicted octanol–water partition coefficient (Wildman–Crippen LogP) is 8.50. The molecule has 110 heavy (non-hydrogen) atoms. The minimum Gasteiger partial charge on any atom is -0.662 e. The molecule has 545 valence electrons. The zero-order chi connectivity index (χ0) is 76.8. The van der Waals surface area contributed by atoms with Crippen LogP contribution in [0.5, 0.6) is 17.2 Å². The molecule has 29 heteroatoms. The normalized spacial score (nSPS) is 12.1. The summed E-state index contributed by atoms with van der Waals surface area (Å²) in [5, 5.41) is 56.1. The number of halogens is 1. The molecule has 3 amide bonds. The summed E-state index contributed by atoms with van der Waals surface area (Å²) in [7, 11) is -3.93. The Hall–Kier alpha value is -9.40. The molecule has 0 saturated carbocycles. The number of fused-ring (bicyclic) bond motifs is 3. The molecular formula is C81H70ClCs2N14O11S. The second kappa shape index (κ2) is 39.0. The number of nitrogens with one attached hydrogen (secondary N) is 2. The molecule has 0 saturated heterocycles. The van der Waals surface area contributed by atoms with Gasteiger partial charge in [-0.3, -0.25) is 34.4 Å². The predicted molar refractivity (Wildman–Crippen MR) is 412 cm³/mol. The number of anilines is 3. The number of rotatable bonds is 14. The summed E-state index contributed by atoms with van der Waals surface area (Å²) in [4.78, 5) is 51.3. The third-order valence-corrected chi connectivity index (χ3v) is 18.6. The van der Waals surface area contributed by atoms with Crippen LogP contribution in [0.4, 0.5) is 17.1 Å². The van der Waals surface area contributed by atoms with E-state index in [2.05, 4.69) is 70.7 Å². The van der Waals surface area contributed by atoms with Gasteiger partial charge >= 0.3 is 68.9 Å². The summed E-state index contributed by atoms with van der Waals surface area (Å²) in [6.07, 6.45) is 0. The molecule has 0 atom stereocenters. The van der Waals surface area contributed by atoms with Crippen molar-refractivity contribution in [2.45, 2.75) is 58.5 Å². The van der Waals surface area contributed by atoms with Crippen LogP contribution in [0, 0.1) is 62.7 Å². The van der Waals surface area contributed by atoms with Crippen molar-refractivity contribution in [1.82, 2.24) is 29.3 Å². The molecule has 0 unspecified atom stereocenters. The molecule has 0 aliphatic carbocycles. The average Bonchev–Trinajstić information content (AvgIpc) is 0.959. The summed E-state index contributed by atoms with van der Waals surface area (Å²) in [6.45, 7) is 10.3. The van der Waals surface area contributed by atoms with Crippen molar-refractivity contribution in [3.63, 3.8) is 0 Å². The number of sulfonamides is 1. The summed E-state index contributed by atoms with van der Waals surface area (Å²) >= 11 is 5.73. The average molecular weight is 1750 g/mol. The van der Waals surface area contributed by atoms with E-state index >= 15 is 0 Å². The number of ether oxygens (including phenoxy) is 3. The number of aromatic nitrogens is 6. The molecule has 6 N–H and O–H groups in total. The third-order valence-electron chi connectivity index (χ3n) is 17.3. The number of primary sulfonamides is 1. The number of amidine groups is 1. The molecule has 3 aliphatic rings. The second-order valence-corrected chi connectivity index (χ2v) is 26.6. The van der Waals surface area contributed by atoms with E-state index in [0.717, 1.165) is 79.3 Å². The van der Waals surface area contributed by atoms with Gasteiger partial charge in [-0.2, -0.15) is 25.8 Å². The Kier molecular flexibility index (Phi) is 30.0. The first kappa shape index (κ1) is 84.6. The van der Waals surface area contributed by atoms with Crippen LogP contribution in [-0.2, 0) is 53.1 Å². The summed E-state index contributed by atoms with van der Waals surface area (Å²) in [5.41, 5.74) is 24.9. The Labute approximate surface area is 757 Å². The van der Waals surface area contributed by atoms with Crippen molar-refractivity contribution in [1.29, 1.82) is 15.9 Å². The summed E-state index contributed by atoms with van der Waals surface area (Å²) < 4.78 is 46.4. The number of hydrogen-bond acceptors (Lipinski definition) is 17. The number of nitrogen functional groups attached to an aromatic ring is 1. The Bertz CT molecular complexity index is 5640. The number of amides is 3. The molecule has 1 radical (unpaired) electrons. The standard InChI is InChI=1S/C27H22N4O2.C26H24N6O4S.C15H13NO2.C12H10ClN3.CH2O3.2Cs/c1-18-6-3-4-9-24(18)21-10-11-25-26(14-21)33-17-27(32)30(25)16-22-12-19(2)31(29-22)23-8-5-7-20(13-23)15-28;1-16-11-19(30-32(16)20-6-4-5-18(12-20)26(27)28)14-31-22-10-9-17(13-23(22)36-15-25(31)33)21-7-2-3-8-24(21)37(29,34)35;1-10-4-2-3-5-12(10)11-6-7-13-14(8-11)18-9-15(17)16-13;1-9-5-11(7-13)15-16(9)12-4-2-3-10(6-12)8-14;2-1-4-3;;/h3-14H,16-17H2,1-2H3;2-13H,14-15H2,1H3,(H3,27,28)(H2,29,34,35);2-8H,9H2,1H3,(H,16,17);2-6H,7H2,1H3;1,3H;;/q;;;;;;+1/p-1. The zero-order valence-corrected chi connectivity index (χ0v) is 75.1. The van der Waals surface area contributed by atoms with E-state index in [1.54, 1.807) is 103 Å². The number of aryl methyl sites for hydroxylation is 5. The monoisotopic (exact) mass is 1750 g/mol. The maximum Gasteiger partial charge on any atom is 1.00 e. The Morgan fingerprint density at radius 1 is 0.564 bits per heavy atom. The fourth-order valence-corrected chi connectivity index (χ4v) is 13.1. The van der Waals surface area contributed by atoms with Crippen LogP contribution >= 0.6 is 11.6 Å². The van der Waals surface area contributed by atoms with Crippen molar-refractivity contribution in [2.24, 2.45) is 10.9 Å². The number of nitrogens with two attached hydrogens (primary N) is 2. The molecule has 12 aromatic rings. The maximum atomic E-state index is 12.8. The van der Waals surface area contributed by atoms with Gasteiger partial charge in [0.15, 0.2) is 19.8 Å². The SMILES string of the molecule is Cc1cc(CCl)nn1-c1cccc(C#N)c1.Cc1cc(CN2C(=O)COc3cc(-c4ccccc4S(N)(=O)=O)ccc32)nn1-c1cccc(C(=N)N)c1.Cc1ccccc1-c1ccc2c(c1)OCC(=O)N2.Cc1ccccc1-c1ccc2c(c1)OCC(=O)N2Cc1cc(C)n(-c2cccc(C#N)c2)n1.O=CO[O-].[Cs+].[Cs]. The molecule has 15 rings (SSSR count). The van der Waals surface area contributed by atoms with Gasteiger partial charge in [0.1, 0.15) is 23.1 Å². The summed E-state index contributed by atoms with van der Waals surface area (Å²) in [5.74, 6) is 1.79. The molecule has 9 aromatic carbocycles. The molecule has 3 aliphatic heterocycles. The van der Waals surface area contributed by atoms with E-state index in [-0.39, 0.29) is 199 Å². The van der Waals surface area contributed by atoms with Crippen LogP contribution in [0.1, 0.15) is 62.0 Å². The first-order valence-electron chi connectivity index (χ1n) is 33.4. The molecule has 6 heterocycles. The smallest absolute Gasteiger partial charge is 0.662 e. The van der Waals surface area contributed by atoms with Crippen molar-refractivity contribution in [3.05, 3.63) is 280 Å². The van der Waals surface area contributed by atoms with E-state index in [1.807, 2.05) is 130 Å². The van der Waals surface area contributed by atoms with Gasteiger partial charge in [-0.15, -0.1) is 11.6 Å². The summed E-state index contributed by atoms with van der Waals surface area (Å²) in [6, 6.07) is 71.7. The van der Waals surface area contributed by atoms with Gasteiger partial charge in [-0.1, -0.05) is 109 Å². The molecule has 0 fully saturated rings. The van der Waals surface area contributed by atoms with Crippen LogP contribution in [0.2, 0.25) is 0 Å². The van der Waals surface area contributed by atoms with Gasteiger partial charge in [0.2, 0.25) is 10.0 Å². The van der Waals surface area contributed by atoms with Crippen molar-refractivity contribution >= 4 is 138 Å². The number of nitriles is 2. The van der Waals surface area contributed by atoms with E-state index in [9.17, 15) is 28.1 Å². The van der Waals surface area contributed by atoms with Gasteiger partial charge in [0.25, 0.3) is 24.2 Å². The second-order valence-electron chi connectivity index (χ2n) is 24.8. The van der Waals surface area contributed by atoms with Gasteiger partial charge in [0.05, 0.1) is 98.3 Å². The molecule has 3 aromatic heterocycles. The maximum absolute atomic E-state index is 12.8. The van der Waals surface area contributed by atoms with Crippen LogP contribution in [-0.4, -0.2) is 157 Å².